The topological polar surface area (TPSA) is 143 Å². The van der Waals surface area contributed by atoms with Crippen LogP contribution in [0.15, 0.2) is 10.7 Å². The van der Waals surface area contributed by atoms with Crippen LogP contribution in [0.4, 0.5) is 5.82 Å². The standard InChI is InChI=1S/C17H25ClN6O2/c1-22-14(12(18)15(19)20)17(26)5-9-3-8(4-10(9)6-17)13-11(7-25)16(21)24(2)23-13/h7-10,22,26H,3-6,21H2,1-2H3,(H3,19,20)/b14-12+. The van der Waals surface area contributed by atoms with Gasteiger partial charge in [0.15, 0.2) is 6.29 Å². The third-order valence-corrected chi connectivity index (χ3v) is 6.27. The van der Waals surface area contributed by atoms with Crippen molar-refractivity contribution >= 4 is 29.5 Å². The Morgan fingerprint density at radius 2 is 2.04 bits per heavy atom. The van der Waals surface area contributed by atoms with Gasteiger partial charge >= 0.3 is 0 Å². The molecule has 2 atom stereocenters. The molecule has 26 heavy (non-hydrogen) atoms. The first-order chi connectivity index (χ1) is 12.2. The highest BCUT2D eigenvalue weighted by atomic mass is 35.5. The van der Waals surface area contributed by atoms with Gasteiger partial charge in [-0.2, -0.15) is 5.10 Å². The van der Waals surface area contributed by atoms with Gasteiger partial charge in [-0.25, -0.2) is 0 Å². The Morgan fingerprint density at radius 3 is 2.50 bits per heavy atom. The summed E-state index contributed by atoms with van der Waals surface area (Å²) in [6.45, 7) is 0. The number of aromatic nitrogens is 2. The Bertz CT molecular complexity index is 772. The number of hydrogen-bond acceptors (Lipinski definition) is 6. The van der Waals surface area contributed by atoms with E-state index >= 15 is 0 Å². The van der Waals surface area contributed by atoms with Crippen molar-refractivity contribution < 1.29 is 9.90 Å². The zero-order valence-corrected chi connectivity index (χ0v) is 15.7. The first-order valence-corrected chi connectivity index (χ1v) is 9.02. The van der Waals surface area contributed by atoms with E-state index in [2.05, 4.69) is 10.4 Å². The van der Waals surface area contributed by atoms with E-state index in [-0.39, 0.29) is 28.6 Å². The Labute approximate surface area is 157 Å². The number of carbonyl (C=O) groups excluding carboxylic acids is 1. The number of aldehydes is 1. The number of anilines is 1. The van der Waals surface area contributed by atoms with Crippen LogP contribution in [-0.2, 0) is 7.05 Å². The number of carbonyl (C=O) groups is 1. The number of nitrogens with two attached hydrogens (primary N) is 2. The predicted octanol–water partition coefficient (Wildman–Crippen LogP) is 1.06. The normalized spacial score (nSPS) is 31.5. The molecule has 142 valence electrons. The van der Waals surface area contributed by atoms with Gasteiger partial charge in [0.05, 0.1) is 17.0 Å². The van der Waals surface area contributed by atoms with Crippen LogP contribution in [0.5, 0.6) is 0 Å². The number of fused-ring (bicyclic) bond motifs is 1. The first-order valence-electron chi connectivity index (χ1n) is 8.64. The minimum absolute atomic E-state index is 0.0623. The molecule has 2 aliphatic carbocycles. The number of nitrogens with one attached hydrogen (secondary N) is 2. The minimum atomic E-state index is -1.12. The summed E-state index contributed by atoms with van der Waals surface area (Å²) >= 11 is 6.13. The van der Waals surface area contributed by atoms with Gasteiger partial charge in [-0.3, -0.25) is 14.9 Å². The van der Waals surface area contributed by atoms with E-state index in [0.717, 1.165) is 24.8 Å². The lowest BCUT2D eigenvalue weighted by Crippen LogP contribution is -2.37. The van der Waals surface area contributed by atoms with Crippen molar-refractivity contribution in [2.45, 2.75) is 37.2 Å². The number of nitrogens with zero attached hydrogens (tertiary/aromatic N) is 2. The van der Waals surface area contributed by atoms with E-state index < -0.39 is 5.60 Å². The molecule has 3 rings (SSSR count). The molecule has 8 nitrogen and oxygen atoms in total. The fourth-order valence-corrected chi connectivity index (χ4v) is 5.04. The average molecular weight is 381 g/mol. The third-order valence-electron chi connectivity index (χ3n) is 5.88. The van der Waals surface area contributed by atoms with Crippen LogP contribution in [0.2, 0.25) is 0 Å². The van der Waals surface area contributed by atoms with E-state index in [1.54, 1.807) is 14.1 Å². The number of aliphatic hydroxyl groups is 1. The van der Waals surface area contributed by atoms with Gasteiger partial charge in [0.2, 0.25) is 0 Å². The summed E-state index contributed by atoms with van der Waals surface area (Å²) in [5, 5.41) is 26.1. The van der Waals surface area contributed by atoms with Gasteiger partial charge in [0, 0.05) is 20.0 Å². The minimum Gasteiger partial charge on any atom is -0.388 e. The molecule has 1 aromatic heterocycles. The molecule has 1 aromatic rings. The van der Waals surface area contributed by atoms with Crippen molar-refractivity contribution in [2.75, 3.05) is 12.8 Å². The zero-order valence-electron chi connectivity index (χ0n) is 14.9. The smallest absolute Gasteiger partial charge is 0.155 e. The summed E-state index contributed by atoms with van der Waals surface area (Å²) in [6, 6.07) is 0. The second-order valence-electron chi connectivity index (χ2n) is 7.41. The Hall–Kier alpha value is -2.06. The lowest BCUT2D eigenvalue weighted by Gasteiger charge is -2.28. The average Bonchev–Trinajstić information content (AvgIpc) is 3.18. The highest BCUT2D eigenvalue weighted by molar-refractivity contribution is 6.42. The number of halogens is 1. The van der Waals surface area contributed by atoms with E-state index in [4.69, 9.17) is 28.5 Å². The maximum Gasteiger partial charge on any atom is 0.155 e. The summed E-state index contributed by atoms with van der Waals surface area (Å²) in [6.07, 6.45) is 3.51. The van der Waals surface area contributed by atoms with Crippen molar-refractivity contribution in [3.8, 4) is 0 Å². The fourth-order valence-electron chi connectivity index (χ4n) is 4.77. The van der Waals surface area contributed by atoms with Crippen molar-refractivity contribution in [3.05, 3.63) is 22.0 Å². The second-order valence-corrected chi connectivity index (χ2v) is 7.78. The van der Waals surface area contributed by atoms with Crippen LogP contribution in [0.1, 0.15) is 47.7 Å². The second kappa shape index (κ2) is 6.59. The number of aryl methyl sites for hydroxylation is 1. The van der Waals surface area contributed by atoms with Gasteiger partial charge in [-0.1, -0.05) is 11.6 Å². The lowest BCUT2D eigenvalue weighted by atomic mass is 9.89. The quantitative estimate of drug-likeness (QED) is 0.293. The molecule has 2 fully saturated rings. The molecule has 0 radical (unpaired) electrons. The Morgan fingerprint density at radius 1 is 1.46 bits per heavy atom. The molecule has 9 heteroatoms. The predicted molar refractivity (Wildman–Crippen MR) is 100.0 cm³/mol. The summed E-state index contributed by atoms with van der Waals surface area (Å²) in [5.41, 5.74) is 11.9. The molecule has 0 aromatic carbocycles. The first kappa shape index (κ1) is 18.7. The fraction of sp³-hybridized carbons (Fsp3) is 0.588. The molecule has 2 unspecified atom stereocenters. The molecule has 0 amide bonds. The molecule has 1 heterocycles. The highest BCUT2D eigenvalue weighted by Crippen LogP contribution is 2.55. The van der Waals surface area contributed by atoms with Gasteiger partial charge in [-0.15, -0.1) is 0 Å². The molecule has 7 N–H and O–H groups in total. The van der Waals surface area contributed by atoms with Gasteiger partial charge in [-0.05, 0) is 37.5 Å². The van der Waals surface area contributed by atoms with Crippen LogP contribution in [-0.4, -0.2) is 39.7 Å². The van der Waals surface area contributed by atoms with Crippen LogP contribution in [0.3, 0.4) is 0 Å². The number of likely N-dealkylation sites (N-methyl/N-ethyl adjacent to an activating group) is 1. The van der Waals surface area contributed by atoms with E-state index in [0.29, 0.717) is 29.9 Å². The molecular weight excluding hydrogens is 356 g/mol. The maximum atomic E-state index is 11.4. The van der Waals surface area contributed by atoms with Crippen molar-refractivity contribution in [1.29, 1.82) is 5.41 Å². The summed E-state index contributed by atoms with van der Waals surface area (Å²) in [5.74, 6) is 0.847. The van der Waals surface area contributed by atoms with Gasteiger partial charge in [0.25, 0.3) is 0 Å². The van der Waals surface area contributed by atoms with Crippen molar-refractivity contribution in [1.82, 2.24) is 15.1 Å². The largest absolute Gasteiger partial charge is 0.388 e. The number of hydrogen-bond donors (Lipinski definition) is 5. The summed E-state index contributed by atoms with van der Waals surface area (Å²) in [7, 11) is 3.40. The van der Waals surface area contributed by atoms with E-state index in [9.17, 15) is 9.90 Å². The van der Waals surface area contributed by atoms with Crippen molar-refractivity contribution in [3.63, 3.8) is 0 Å². The SMILES string of the molecule is CN/C(=C(/Cl)C(=N)N)C1(O)CC2CC(c3nn(C)c(N)c3C=O)CC2C1. The summed E-state index contributed by atoms with van der Waals surface area (Å²) in [4.78, 5) is 11.4. The molecule has 2 saturated carbocycles. The molecular formula is C17H25ClN6O2. The van der Waals surface area contributed by atoms with Gasteiger partial charge < -0.3 is 21.9 Å². The van der Waals surface area contributed by atoms with Crippen LogP contribution in [0, 0.1) is 17.2 Å². The molecule has 0 spiro atoms. The highest BCUT2D eigenvalue weighted by Gasteiger charge is 2.52. The van der Waals surface area contributed by atoms with Crippen LogP contribution < -0.4 is 16.8 Å². The van der Waals surface area contributed by atoms with Gasteiger partial charge in [0.1, 0.15) is 22.3 Å². The third kappa shape index (κ3) is 2.87. The van der Waals surface area contributed by atoms with Crippen molar-refractivity contribution in [2.24, 2.45) is 24.6 Å². The summed E-state index contributed by atoms with van der Waals surface area (Å²) < 4.78 is 1.54. The lowest BCUT2D eigenvalue weighted by molar-refractivity contribution is 0.0695. The van der Waals surface area contributed by atoms with E-state index in [1.807, 2.05) is 0 Å². The molecule has 2 aliphatic rings. The number of rotatable bonds is 5. The monoisotopic (exact) mass is 380 g/mol. The van der Waals surface area contributed by atoms with Crippen LogP contribution in [0.25, 0.3) is 0 Å². The van der Waals surface area contributed by atoms with Crippen LogP contribution >= 0.6 is 11.6 Å². The molecule has 0 saturated heterocycles. The molecule has 0 bridgehead atoms. The maximum absolute atomic E-state index is 11.4. The zero-order chi connectivity index (χ0) is 19.2. The Balaban J connectivity index is 1.82. The number of amidine groups is 1. The Kier molecular flexibility index (Phi) is 4.74. The molecule has 0 aliphatic heterocycles. The van der Waals surface area contributed by atoms with E-state index in [1.165, 1.54) is 4.68 Å². The number of nitrogen functional groups attached to an aromatic ring is 1.